The molecule has 0 aliphatic rings. The number of benzene rings is 3. The molecule has 0 atom stereocenters. The number of halogens is 3. The van der Waals surface area contributed by atoms with Gasteiger partial charge in [-0.1, -0.05) is 40.9 Å². The van der Waals surface area contributed by atoms with Gasteiger partial charge in [0.05, 0.1) is 31.3 Å². The maximum atomic E-state index is 13.5. The highest BCUT2D eigenvalue weighted by Gasteiger charge is 2.28. The van der Waals surface area contributed by atoms with Crippen LogP contribution in [0.2, 0.25) is 15.1 Å². The lowest BCUT2D eigenvalue weighted by Gasteiger charge is -2.23. The van der Waals surface area contributed by atoms with E-state index in [1.54, 1.807) is 36.4 Å². The summed E-state index contributed by atoms with van der Waals surface area (Å²) in [6, 6.07) is 15.3. The van der Waals surface area contributed by atoms with E-state index >= 15 is 0 Å². The Balaban J connectivity index is 1.95. The average molecular weight is 544 g/mol. The van der Waals surface area contributed by atoms with Gasteiger partial charge in [0.1, 0.15) is 11.5 Å². The van der Waals surface area contributed by atoms with Gasteiger partial charge in [0.25, 0.3) is 0 Å². The van der Waals surface area contributed by atoms with Crippen LogP contribution >= 0.6 is 34.8 Å². The Hall–Kier alpha value is -2.49. The van der Waals surface area contributed by atoms with E-state index in [0.29, 0.717) is 27.8 Å². The van der Waals surface area contributed by atoms with Crippen molar-refractivity contribution < 1.29 is 22.7 Å². The molecule has 0 bridgehead atoms. The molecule has 3 aromatic carbocycles. The van der Waals surface area contributed by atoms with Gasteiger partial charge in [-0.2, -0.15) is 4.31 Å². The number of carbonyl (C=O) groups is 1. The molecule has 0 heterocycles. The fourth-order valence-corrected chi connectivity index (χ4v) is 5.11. The number of sulfonamides is 1. The zero-order valence-corrected chi connectivity index (χ0v) is 21.3. The number of rotatable bonds is 9. The Labute approximate surface area is 213 Å². The van der Waals surface area contributed by atoms with Gasteiger partial charge in [-0.15, -0.1) is 0 Å². The molecule has 0 saturated heterocycles. The van der Waals surface area contributed by atoms with Crippen molar-refractivity contribution in [2.24, 2.45) is 0 Å². The van der Waals surface area contributed by atoms with Gasteiger partial charge >= 0.3 is 0 Å². The Kier molecular flexibility index (Phi) is 8.67. The topological polar surface area (TPSA) is 84.9 Å². The lowest BCUT2D eigenvalue weighted by atomic mass is 10.2. The van der Waals surface area contributed by atoms with E-state index in [2.05, 4.69) is 5.32 Å². The zero-order valence-electron chi connectivity index (χ0n) is 18.2. The van der Waals surface area contributed by atoms with Crippen LogP contribution in [0.4, 0.5) is 5.69 Å². The van der Waals surface area contributed by atoms with Crippen molar-refractivity contribution in [3.05, 3.63) is 81.3 Å². The van der Waals surface area contributed by atoms with Gasteiger partial charge in [0.15, 0.2) is 0 Å². The smallest absolute Gasteiger partial charge is 0.243 e. The molecular weight excluding hydrogens is 523 g/mol. The number of hydrogen-bond acceptors (Lipinski definition) is 5. The van der Waals surface area contributed by atoms with Crippen molar-refractivity contribution in [3.8, 4) is 11.5 Å². The van der Waals surface area contributed by atoms with Crippen LogP contribution in [0, 0.1) is 0 Å². The minimum atomic E-state index is -4.12. The van der Waals surface area contributed by atoms with E-state index < -0.39 is 22.5 Å². The Morgan fingerprint density at radius 3 is 2.18 bits per heavy atom. The van der Waals surface area contributed by atoms with E-state index in [0.717, 1.165) is 4.31 Å². The SMILES string of the molecule is COc1ccc(OC)c(NC(=O)CN(Cc2c(Cl)cccc2Cl)S(=O)(=O)c2ccc(Cl)cc2)c1. The lowest BCUT2D eigenvalue weighted by Crippen LogP contribution is -2.37. The molecule has 7 nitrogen and oxygen atoms in total. The molecular formula is C23H21Cl3N2O5S. The van der Waals surface area contributed by atoms with E-state index in [1.165, 1.54) is 38.5 Å². The van der Waals surface area contributed by atoms with Crippen LogP contribution in [0.5, 0.6) is 11.5 Å². The van der Waals surface area contributed by atoms with Crippen LogP contribution in [-0.2, 0) is 21.4 Å². The lowest BCUT2D eigenvalue weighted by molar-refractivity contribution is -0.116. The van der Waals surface area contributed by atoms with Gasteiger partial charge in [-0.25, -0.2) is 8.42 Å². The van der Waals surface area contributed by atoms with Crippen LogP contribution in [0.3, 0.4) is 0 Å². The predicted octanol–water partition coefficient (Wildman–Crippen LogP) is 5.49. The highest BCUT2D eigenvalue weighted by Crippen LogP contribution is 2.30. The number of hydrogen-bond donors (Lipinski definition) is 1. The molecule has 0 unspecified atom stereocenters. The first-order valence-electron chi connectivity index (χ1n) is 9.86. The Morgan fingerprint density at radius 2 is 1.59 bits per heavy atom. The number of amides is 1. The van der Waals surface area contributed by atoms with Crippen molar-refractivity contribution in [1.29, 1.82) is 0 Å². The van der Waals surface area contributed by atoms with Crippen LogP contribution in [0.15, 0.2) is 65.6 Å². The second-order valence-corrected chi connectivity index (χ2v) is 10.2. The molecule has 1 N–H and O–H groups in total. The molecule has 0 radical (unpaired) electrons. The number of nitrogens with zero attached hydrogens (tertiary/aromatic N) is 1. The number of methoxy groups -OCH3 is 2. The highest BCUT2D eigenvalue weighted by molar-refractivity contribution is 7.89. The average Bonchev–Trinajstić information content (AvgIpc) is 2.80. The predicted molar refractivity (Wildman–Crippen MR) is 134 cm³/mol. The van der Waals surface area contributed by atoms with Crippen molar-refractivity contribution in [1.82, 2.24) is 4.31 Å². The van der Waals surface area contributed by atoms with E-state index in [-0.39, 0.29) is 21.5 Å². The van der Waals surface area contributed by atoms with Gasteiger partial charge < -0.3 is 14.8 Å². The minimum absolute atomic E-state index is 0.0353. The number of nitrogens with one attached hydrogen (secondary N) is 1. The molecule has 0 aliphatic heterocycles. The van der Waals surface area contributed by atoms with E-state index in [4.69, 9.17) is 44.3 Å². The first kappa shape index (κ1) is 26.1. The molecule has 0 aromatic heterocycles. The molecule has 1 amide bonds. The van der Waals surface area contributed by atoms with Crippen molar-refractivity contribution >= 4 is 56.4 Å². The van der Waals surface area contributed by atoms with Gasteiger partial charge in [0, 0.05) is 33.2 Å². The standard InChI is InChI=1S/C23H21Cl3N2O5S/c1-32-16-8-11-22(33-2)21(12-16)27-23(29)14-28(13-18-19(25)4-3-5-20(18)26)34(30,31)17-9-6-15(24)7-10-17/h3-12H,13-14H2,1-2H3,(H,27,29). The molecule has 34 heavy (non-hydrogen) atoms. The molecule has 11 heteroatoms. The van der Waals surface area contributed by atoms with Crippen molar-refractivity contribution in [3.63, 3.8) is 0 Å². The van der Waals surface area contributed by atoms with E-state index in [1.807, 2.05) is 0 Å². The maximum absolute atomic E-state index is 13.5. The molecule has 180 valence electrons. The van der Waals surface area contributed by atoms with Crippen LogP contribution in [0.1, 0.15) is 5.56 Å². The highest BCUT2D eigenvalue weighted by atomic mass is 35.5. The maximum Gasteiger partial charge on any atom is 0.243 e. The van der Waals surface area contributed by atoms with Crippen LogP contribution in [0.25, 0.3) is 0 Å². The largest absolute Gasteiger partial charge is 0.497 e. The zero-order chi connectivity index (χ0) is 24.9. The molecule has 3 rings (SSSR count). The second kappa shape index (κ2) is 11.3. The Morgan fingerprint density at radius 1 is 0.941 bits per heavy atom. The molecule has 0 spiro atoms. The molecule has 3 aromatic rings. The second-order valence-electron chi connectivity index (χ2n) is 7.04. The number of ether oxygens (including phenoxy) is 2. The summed E-state index contributed by atoms with van der Waals surface area (Å²) in [7, 11) is -1.18. The third-order valence-electron chi connectivity index (χ3n) is 4.85. The monoisotopic (exact) mass is 542 g/mol. The summed E-state index contributed by atoms with van der Waals surface area (Å²) in [4.78, 5) is 12.9. The van der Waals surface area contributed by atoms with Gasteiger partial charge in [0.2, 0.25) is 15.9 Å². The first-order valence-corrected chi connectivity index (χ1v) is 12.4. The third kappa shape index (κ3) is 6.14. The third-order valence-corrected chi connectivity index (χ3v) is 7.61. The number of carbonyl (C=O) groups excluding carboxylic acids is 1. The molecule has 0 fully saturated rings. The summed E-state index contributed by atoms with van der Waals surface area (Å²) in [5.74, 6) is 0.271. The van der Waals surface area contributed by atoms with Crippen molar-refractivity contribution in [2.45, 2.75) is 11.4 Å². The normalized spacial score (nSPS) is 11.4. The van der Waals surface area contributed by atoms with Crippen molar-refractivity contribution in [2.75, 3.05) is 26.1 Å². The summed E-state index contributed by atoms with van der Waals surface area (Å²) in [6.45, 7) is -0.751. The minimum Gasteiger partial charge on any atom is -0.497 e. The molecule has 0 aliphatic carbocycles. The van der Waals surface area contributed by atoms with Gasteiger partial charge in [-0.3, -0.25) is 4.79 Å². The summed E-state index contributed by atoms with van der Waals surface area (Å²) in [6.07, 6.45) is 0. The summed E-state index contributed by atoms with van der Waals surface area (Å²) in [5, 5.41) is 3.61. The summed E-state index contributed by atoms with van der Waals surface area (Å²) < 4.78 is 38.4. The van der Waals surface area contributed by atoms with Crippen LogP contribution in [-0.4, -0.2) is 39.4 Å². The number of anilines is 1. The summed E-state index contributed by atoms with van der Waals surface area (Å²) >= 11 is 18.5. The fourth-order valence-electron chi connectivity index (χ4n) is 3.10. The Bertz CT molecular complexity index is 1260. The van der Waals surface area contributed by atoms with Crippen LogP contribution < -0.4 is 14.8 Å². The van der Waals surface area contributed by atoms with E-state index in [9.17, 15) is 13.2 Å². The first-order chi connectivity index (χ1) is 16.1. The summed E-state index contributed by atoms with van der Waals surface area (Å²) in [5.41, 5.74) is 0.696. The fraction of sp³-hybridized carbons (Fsp3) is 0.174. The quantitative estimate of drug-likeness (QED) is 0.386. The van der Waals surface area contributed by atoms with Gasteiger partial charge in [-0.05, 0) is 48.5 Å². The molecule has 0 saturated carbocycles.